The van der Waals surface area contributed by atoms with Crippen molar-refractivity contribution < 1.29 is 4.79 Å². The number of carbonyl (C=O) groups excluding carboxylic acids is 1. The maximum atomic E-state index is 11.7. The number of benzene rings is 2. The van der Waals surface area contributed by atoms with Crippen LogP contribution in [0.4, 0.5) is 0 Å². The smallest absolute Gasteiger partial charge is 0.265 e. The fourth-order valence-corrected chi connectivity index (χ4v) is 2.81. The first-order chi connectivity index (χ1) is 9.59. The summed E-state index contributed by atoms with van der Waals surface area (Å²) < 4.78 is 1.83. The molecule has 2 N–H and O–H groups in total. The van der Waals surface area contributed by atoms with Gasteiger partial charge in [-0.3, -0.25) is 4.79 Å². The number of fused-ring (bicyclic) bond motifs is 1. The van der Waals surface area contributed by atoms with Crippen molar-refractivity contribution in [2.24, 2.45) is 12.8 Å². The van der Waals surface area contributed by atoms with Crippen LogP contribution in [-0.4, -0.2) is 10.5 Å². The summed E-state index contributed by atoms with van der Waals surface area (Å²) in [6.45, 7) is 0. The van der Waals surface area contributed by atoms with Crippen LogP contribution in [-0.2, 0) is 7.05 Å². The highest BCUT2D eigenvalue weighted by atomic mass is 35.5. The lowest BCUT2D eigenvalue weighted by Crippen LogP contribution is -2.15. The monoisotopic (exact) mass is 284 g/mol. The number of rotatable bonds is 2. The Balaban J connectivity index is 2.45. The van der Waals surface area contributed by atoms with Crippen molar-refractivity contribution in [2.75, 3.05) is 0 Å². The van der Waals surface area contributed by atoms with Crippen LogP contribution in [0, 0.1) is 0 Å². The van der Waals surface area contributed by atoms with Gasteiger partial charge < -0.3 is 10.3 Å². The van der Waals surface area contributed by atoms with E-state index in [0.717, 1.165) is 22.0 Å². The Morgan fingerprint density at radius 3 is 2.45 bits per heavy atom. The second kappa shape index (κ2) is 4.69. The standard InChI is InChI=1S/C16H13ClN2O/c1-19-14(10-5-3-2-4-6-10)13-9-11(17)7-8-12(13)15(19)16(18)20/h2-9H,1H3,(H2,18,20). The Kier molecular flexibility index (Phi) is 2.99. The maximum Gasteiger partial charge on any atom is 0.265 e. The average Bonchev–Trinajstić information content (AvgIpc) is 2.71. The van der Waals surface area contributed by atoms with Crippen molar-refractivity contribution in [3.8, 4) is 11.3 Å². The Morgan fingerprint density at radius 1 is 1.10 bits per heavy atom. The first kappa shape index (κ1) is 12.8. The minimum absolute atomic E-state index is 0.443. The van der Waals surface area contributed by atoms with Gasteiger partial charge in [0.15, 0.2) is 0 Å². The van der Waals surface area contributed by atoms with Crippen LogP contribution in [0.25, 0.3) is 22.0 Å². The average molecular weight is 285 g/mol. The van der Waals surface area contributed by atoms with E-state index < -0.39 is 5.91 Å². The largest absolute Gasteiger partial charge is 0.364 e. The van der Waals surface area contributed by atoms with Gasteiger partial charge in [-0.15, -0.1) is 0 Å². The normalized spacial score (nSPS) is 10.9. The van der Waals surface area contributed by atoms with Gasteiger partial charge in [-0.25, -0.2) is 0 Å². The van der Waals surface area contributed by atoms with E-state index in [1.54, 1.807) is 6.07 Å². The summed E-state index contributed by atoms with van der Waals surface area (Å²) in [7, 11) is 1.84. The number of primary amides is 1. The van der Waals surface area contributed by atoms with Gasteiger partial charge in [0.25, 0.3) is 5.91 Å². The molecule has 0 fully saturated rings. The number of hydrogen-bond donors (Lipinski definition) is 1. The van der Waals surface area contributed by atoms with Crippen LogP contribution in [0.15, 0.2) is 48.5 Å². The third kappa shape index (κ3) is 1.87. The number of hydrogen-bond acceptors (Lipinski definition) is 1. The molecule has 0 radical (unpaired) electrons. The molecule has 0 bridgehead atoms. The van der Waals surface area contributed by atoms with Crippen molar-refractivity contribution in [1.82, 2.24) is 4.57 Å². The summed E-state index contributed by atoms with van der Waals surface area (Å²) in [5.74, 6) is -0.443. The number of nitrogens with zero attached hydrogens (tertiary/aromatic N) is 1. The lowest BCUT2D eigenvalue weighted by atomic mass is 10.1. The minimum atomic E-state index is -0.443. The fraction of sp³-hybridized carbons (Fsp3) is 0.0625. The first-order valence-electron chi connectivity index (χ1n) is 6.22. The molecule has 3 rings (SSSR count). The van der Waals surface area contributed by atoms with Crippen LogP contribution in [0.5, 0.6) is 0 Å². The predicted octanol–water partition coefficient (Wildman–Crippen LogP) is 3.60. The first-order valence-corrected chi connectivity index (χ1v) is 6.60. The van der Waals surface area contributed by atoms with Crippen molar-refractivity contribution >= 4 is 28.3 Å². The van der Waals surface area contributed by atoms with Gasteiger partial charge in [-0.2, -0.15) is 0 Å². The van der Waals surface area contributed by atoms with Gasteiger partial charge >= 0.3 is 0 Å². The molecular formula is C16H13ClN2O. The molecule has 4 heteroatoms. The molecule has 0 aliphatic heterocycles. The van der Waals surface area contributed by atoms with Crippen LogP contribution in [0.2, 0.25) is 5.02 Å². The van der Waals surface area contributed by atoms with Crippen LogP contribution >= 0.6 is 11.6 Å². The Labute approximate surface area is 121 Å². The number of amides is 1. The summed E-state index contributed by atoms with van der Waals surface area (Å²) in [5.41, 5.74) is 7.98. The fourth-order valence-electron chi connectivity index (χ4n) is 2.64. The molecule has 1 amide bonds. The summed E-state index contributed by atoms with van der Waals surface area (Å²) in [5, 5.41) is 2.39. The number of halogens is 1. The maximum absolute atomic E-state index is 11.7. The highest BCUT2D eigenvalue weighted by Crippen LogP contribution is 2.34. The molecule has 3 aromatic rings. The molecule has 0 saturated heterocycles. The van der Waals surface area contributed by atoms with Crippen LogP contribution in [0.3, 0.4) is 0 Å². The third-order valence-electron chi connectivity index (χ3n) is 3.44. The summed E-state index contributed by atoms with van der Waals surface area (Å²) in [6, 6.07) is 15.4. The van der Waals surface area contributed by atoms with Crippen molar-refractivity contribution in [3.63, 3.8) is 0 Å². The molecular weight excluding hydrogens is 272 g/mol. The van der Waals surface area contributed by atoms with Gasteiger partial charge in [0.2, 0.25) is 0 Å². The van der Waals surface area contributed by atoms with Gasteiger partial charge in [0.05, 0.1) is 5.69 Å². The lowest BCUT2D eigenvalue weighted by Gasteiger charge is -2.06. The van der Waals surface area contributed by atoms with E-state index in [1.165, 1.54) is 0 Å². The highest BCUT2D eigenvalue weighted by molar-refractivity contribution is 6.31. The van der Waals surface area contributed by atoms with Crippen molar-refractivity contribution in [2.45, 2.75) is 0 Å². The number of carbonyl (C=O) groups is 1. The van der Waals surface area contributed by atoms with E-state index in [1.807, 2.05) is 54.1 Å². The lowest BCUT2D eigenvalue weighted by molar-refractivity contribution is 0.0994. The zero-order valence-electron chi connectivity index (χ0n) is 10.9. The molecule has 0 spiro atoms. The SMILES string of the molecule is Cn1c(C(N)=O)c2ccc(Cl)cc2c1-c1ccccc1. The van der Waals surface area contributed by atoms with E-state index in [0.29, 0.717) is 10.7 Å². The van der Waals surface area contributed by atoms with Gasteiger partial charge in [0.1, 0.15) is 5.69 Å². The minimum Gasteiger partial charge on any atom is -0.364 e. The highest BCUT2D eigenvalue weighted by Gasteiger charge is 2.19. The van der Waals surface area contributed by atoms with Gasteiger partial charge in [0, 0.05) is 22.8 Å². The number of nitrogens with two attached hydrogens (primary N) is 1. The molecule has 0 saturated carbocycles. The molecule has 20 heavy (non-hydrogen) atoms. The van der Waals surface area contributed by atoms with Crippen LogP contribution in [0.1, 0.15) is 10.5 Å². The van der Waals surface area contributed by atoms with Crippen molar-refractivity contribution in [3.05, 3.63) is 59.2 Å². The topological polar surface area (TPSA) is 48.0 Å². The van der Waals surface area contributed by atoms with Crippen LogP contribution < -0.4 is 5.73 Å². The zero-order valence-corrected chi connectivity index (χ0v) is 11.7. The molecule has 0 atom stereocenters. The second-order valence-electron chi connectivity index (χ2n) is 4.68. The molecule has 0 unspecified atom stereocenters. The Hall–Kier alpha value is -2.26. The molecule has 0 aliphatic rings. The van der Waals surface area contributed by atoms with Gasteiger partial charge in [-0.1, -0.05) is 48.0 Å². The zero-order chi connectivity index (χ0) is 14.3. The Bertz CT molecular complexity index is 806. The van der Waals surface area contributed by atoms with E-state index in [2.05, 4.69) is 0 Å². The predicted molar refractivity (Wildman–Crippen MR) is 81.9 cm³/mol. The summed E-state index contributed by atoms with van der Waals surface area (Å²) >= 11 is 6.09. The molecule has 0 aliphatic carbocycles. The quantitative estimate of drug-likeness (QED) is 0.768. The van der Waals surface area contributed by atoms with E-state index in [-0.39, 0.29) is 0 Å². The van der Waals surface area contributed by atoms with E-state index in [4.69, 9.17) is 17.3 Å². The van der Waals surface area contributed by atoms with Gasteiger partial charge in [-0.05, 0) is 17.7 Å². The summed E-state index contributed by atoms with van der Waals surface area (Å²) in [6.07, 6.45) is 0. The summed E-state index contributed by atoms with van der Waals surface area (Å²) in [4.78, 5) is 11.7. The molecule has 1 aromatic heterocycles. The van der Waals surface area contributed by atoms with E-state index >= 15 is 0 Å². The van der Waals surface area contributed by atoms with E-state index in [9.17, 15) is 4.79 Å². The molecule has 1 heterocycles. The molecule has 2 aromatic carbocycles. The molecule has 3 nitrogen and oxygen atoms in total. The number of aromatic nitrogens is 1. The second-order valence-corrected chi connectivity index (χ2v) is 5.11. The Morgan fingerprint density at radius 2 is 1.80 bits per heavy atom. The third-order valence-corrected chi connectivity index (χ3v) is 3.68. The van der Waals surface area contributed by atoms with Crippen molar-refractivity contribution in [1.29, 1.82) is 0 Å². The molecule has 100 valence electrons.